The van der Waals surface area contributed by atoms with Gasteiger partial charge in [0.25, 0.3) is 0 Å². The number of nitrogens with one attached hydrogen (secondary N) is 1. The van der Waals surface area contributed by atoms with Crippen LogP contribution in [0.5, 0.6) is 5.75 Å². The van der Waals surface area contributed by atoms with Gasteiger partial charge in [0.1, 0.15) is 5.75 Å². The van der Waals surface area contributed by atoms with Gasteiger partial charge in [-0.25, -0.2) is 0 Å². The predicted octanol–water partition coefficient (Wildman–Crippen LogP) is 4.10. The lowest BCUT2D eigenvalue weighted by molar-refractivity contribution is 0.271. The first kappa shape index (κ1) is 13.9. The Labute approximate surface area is 122 Å². The second-order valence-electron chi connectivity index (χ2n) is 6.42. The zero-order chi connectivity index (χ0) is 13.9. The fourth-order valence-corrected chi connectivity index (χ4v) is 3.43. The van der Waals surface area contributed by atoms with Gasteiger partial charge >= 0.3 is 0 Å². The molecule has 2 unspecified atom stereocenters. The highest BCUT2D eigenvalue weighted by Crippen LogP contribution is 2.45. The molecule has 0 aromatic heterocycles. The van der Waals surface area contributed by atoms with E-state index in [1.807, 2.05) is 0 Å². The van der Waals surface area contributed by atoms with Crippen LogP contribution in [0.25, 0.3) is 0 Å². The molecule has 0 saturated heterocycles. The number of hydrogen-bond donors (Lipinski definition) is 1. The highest BCUT2D eigenvalue weighted by Gasteiger charge is 2.35. The van der Waals surface area contributed by atoms with E-state index in [9.17, 15) is 0 Å². The lowest BCUT2D eigenvalue weighted by atomic mass is 9.88. The summed E-state index contributed by atoms with van der Waals surface area (Å²) in [6.45, 7) is 6.61. The van der Waals surface area contributed by atoms with Crippen molar-refractivity contribution in [1.82, 2.24) is 5.32 Å². The number of hydrogen-bond acceptors (Lipinski definition) is 2. The average Bonchev–Trinajstić information content (AvgIpc) is 3.32. The molecular formula is C18H27NO. The molecule has 2 atom stereocenters. The van der Waals surface area contributed by atoms with Gasteiger partial charge in [-0.2, -0.15) is 0 Å². The van der Waals surface area contributed by atoms with Crippen molar-refractivity contribution >= 4 is 0 Å². The average molecular weight is 273 g/mol. The molecule has 2 nitrogen and oxygen atoms in total. The second-order valence-corrected chi connectivity index (χ2v) is 6.42. The van der Waals surface area contributed by atoms with Crippen LogP contribution in [0.1, 0.15) is 56.7 Å². The van der Waals surface area contributed by atoms with E-state index in [-0.39, 0.29) is 0 Å². The zero-order valence-corrected chi connectivity index (χ0v) is 12.8. The van der Waals surface area contributed by atoms with Crippen molar-refractivity contribution in [1.29, 1.82) is 0 Å². The summed E-state index contributed by atoms with van der Waals surface area (Å²) in [4.78, 5) is 0. The van der Waals surface area contributed by atoms with Crippen LogP contribution in [-0.4, -0.2) is 13.2 Å². The van der Waals surface area contributed by atoms with Gasteiger partial charge in [0.2, 0.25) is 0 Å². The summed E-state index contributed by atoms with van der Waals surface area (Å²) in [5.41, 5.74) is 2.80. The van der Waals surface area contributed by atoms with Crippen LogP contribution in [0, 0.1) is 11.8 Å². The minimum Gasteiger partial charge on any atom is -0.493 e. The minimum absolute atomic E-state index is 0.454. The maximum Gasteiger partial charge on any atom is 0.127 e. The molecule has 3 rings (SSSR count). The lowest BCUT2D eigenvalue weighted by Gasteiger charge is -2.30. The third-order valence-corrected chi connectivity index (χ3v) is 4.80. The minimum atomic E-state index is 0.454. The third kappa shape index (κ3) is 2.85. The molecule has 0 spiro atoms. The van der Waals surface area contributed by atoms with E-state index < -0.39 is 0 Å². The monoisotopic (exact) mass is 273 g/mol. The highest BCUT2D eigenvalue weighted by atomic mass is 16.5. The molecule has 0 radical (unpaired) electrons. The Morgan fingerprint density at radius 1 is 1.35 bits per heavy atom. The molecule has 20 heavy (non-hydrogen) atoms. The van der Waals surface area contributed by atoms with Gasteiger partial charge in [0.15, 0.2) is 0 Å². The largest absolute Gasteiger partial charge is 0.493 e. The molecule has 1 aromatic carbocycles. The zero-order valence-electron chi connectivity index (χ0n) is 12.8. The second kappa shape index (κ2) is 6.17. The number of benzene rings is 1. The van der Waals surface area contributed by atoms with Crippen molar-refractivity contribution in [2.24, 2.45) is 11.8 Å². The van der Waals surface area contributed by atoms with E-state index in [1.165, 1.54) is 42.6 Å². The molecule has 1 fully saturated rings. The van der Waals surface area contributed by atoms with E-state index in [2.05, 4.69) is 37.4 Å². The SMILES string of the molecule is CCCNC(c1cccc2c1OCCC2)C(C)C1CC1. The first-order valence-corrected chi connectivity index (χ1v) is 8.29. The Morgan fingerprint density at radius 2 is 2.20 bits per heavy atom. The lowest BCUT2D eigenvalue weighted by Crippen LogP contribution is -2.30. The third-order valence-electron chi connectivity index (χ3n) is 4.80. The Morgan fingerprint density at radius 3 is 2.95 bits per heavy atom. The molecule has 1 heterocycles. The van der Waals surface area contributed by atoms with Crippen molar-refractivity contribution in [2.75, 3.05) is 13.2 Å². The van der Waals surface area contributed by atoms with Gasteiger partial charge in [0.05, 0.1) is 6.61 Å². The van der Waals surface area contributed by atoms with Gasteiger partial charge in [0, 0.05) is 11.6 Å². The molecule has 2 heteroatoms. The first-order chi connectivity index (χ1) is 9.81. The summed E-state index contributed by atoms with van der Waals surface area (Å²) in [5, 5.41) is 3.78. The van der Waals surface area contributed by atoms with Crippen LogP contribution in [-0.2, 0) is 6.42 Å². The summed E-state index contributed by atoms with van der Waals surface area (Å²) in [7, 11) is 0. The molecule has 1 aliphatic carbocycles. The summed E-state index contributed by atoms with van der Waals surface area (Å²) in [5.74, 6) is 2.79. The Kier molecular flexibility index (Phi) is 4.30. The number of para-hydroxylation sites is 1. The maximum atomic E-state index is 6.03. The van der Waals surface area contributed by atoms with Gasteiger partial charge in [-0.05, 0) is 56.0 Å². The smallest absolute Gasteiger partial charge is 0.127 e. The number of ether oxygens (including phenoxy) is 1. The van der Waals surface area contributed by atoms with Crippen LogP contribution in [0.4, 0.5) is 0 Å². The number of fused-ring (bicyclic) bond motifs is 1. The molecule has 0 bridgehead atoms. The fraction of sp³-hybridized carbons (Fsp3) is 0.667. The first-order valence-electron chi connectivity index (χ1n) is 8.29. The Bertz CT molecular complexity index is 453. The van der Waals surface area contributed by atoms with Gasteiger partial charge in [-0.15, -0.1) is 0 Å². The molecular weight excluding hydrogens is 246 g/mol. The van der Waals surface area contributed by atoms with Gasteiger partial charge in [-0.1, -0.05) is 32.0 Å². The maximum absolute atomic E-state index is 6.03. The van der Waals surface area contributed by atoms with Crippen molar-refractivity contribution < 1.29 is 4.74 Å². The number of rotatable bonds is 6. The summed E-state index contributed by atoms with van der Waals surface area (Å²) >= 11 is 0. The molecule has 1 aromatic rings. The van der Waals surface area contributed by atoms with Gasteiger partial charge < -0.3 is 10.1 Å². The van der Waals surface area contributed by atoms with Gasteiger partial charge in [-0.3, -0.25) is 0 Å². The molecule has 1 saturated carbocycles. The van der Waals surface area contributed by atoms with Crippen LogP contribution >= 0.6 is 0 Å². The van der Waals surface area contributed by atoms with E-state index in [0.717, 1.165) is 25.5 Å². The van der Waals surface area contributed by atoms with Crippen LogP contribution in [0.15, 0.2) is 18.2 Å². The fourth-order valence-electron chi connectivity index (χ4n) is 3.43. The van der Waals surface area contributed by atoms with Crippen molar-refractivity contribution in [2.45, 2.75) is 52.0 Å². The normalized spacial score (nSPS) is 20.9. The molecule has 110 valence electrons. The van der Waals surface area contributed by atoms with E-state index >= 15 is 0 Å². The number of aryl methyl sites for hydroxylation is 1. The van der Waals surface area contributed by atoms with Crippen molar-refractivity contribution in [3.63, 3.8) is 0 Å². The summed E-state index contributed by atoms with van der Waals surface area (Å²) in [6.07, 6.45) is 6.32. The quantitative estimate of drug-likeness (QED) is 0.842. The Balaban J connectivity index is 1.89. The molecule has 1 aliphatic heterocycles. The summed E-state index contributed by atoms with van der Waals surface area (Å²) in [6, 6.07) is 7.17. The summed E-state index contributed by atoms with van der Waals surface area (Å²) < 4.78 is 6.03. The van der Waals surface area contributed by atoms with E-state index in [0.29, 0.717) is 12.0 Å². The molecule has 0 amide bonds. The topological polar surface area (TPSA) is 21.3 Å². The van der Waals surface area contributed by atoms with Crippen molar-refractivity contribution in [3.05, 3.63) is 29.3 Å². The predicted molar refractivity (Wildman–Crippen MR) is 83.2 cm³/mol. The van der Waals surface area contributed by atoms with Crippen LogP contribution in [0.2, 0.25) is 0 Å². The van der Waals surface area contributed by atoms with E-state index in [1.54, 1.807) is 0 Å². The van der Waals surface area contributed by atoms with Crippen LogP contribution < -0.4 is 10.1 Å². The Hall–Kier alpha value is -1.02. The highest BCUT2D eigenvalue weighted by molar-refractivity contribution is 5.44. The molecule has 1 N–H and O–H groups in total. The van der Waals surface area contributed by atoms with E-state index in [4.69, 9.17) is 4.74 Å². The standard InChI is InChI=1S/C18H27NO/c1-3-11-19-17(13(2)14-9-10-14)16-8-4-6-15-7-5-12-20-18(15)16/h4,6,8,13-14,17,19H,3,5,7,9-12H2,1-2H3. The van der Waals surface area contributed by atoms with Crippen LogP contribution in [0.3, 0.4) is 0 Å². The molecule has 2 aliphatic rings. The van der Waals surface area contributed by atoms with Crippen molar-refractivity contribution in [3.8, 4) is 5.75 Å².